The lowest BCUT2D eigenvalue weighted by atomic mass is 9.87. The normalized spacial score (nSPS) is 30.1. The van der Waals surface area contributed by atoms with E-state index in [-0.39, 0.29) is 5.78 Å². The molecule has 0 aromatic rings. The minimum absolute atomic E-state index is 0.186. The number of carbonyl (C=O) groups excluding carboxylic acids is 1. The maximum absolute atomic E-state index is 12.1. The Bertz CT molecular complexity index is 355. The van der Waals surface area contributed by atoms with Crippen molar-refractivity contribution in [2.24, 2.45) is 0 Å². The van der Waals surface area contributed by atoms with Crippen LogP contribution in [0.5, 0.6) is 0 Å². The molecule has 0 aromatic heterocycles. The molecular formula is C13H21N2O+. The van der Waals surface area contributed by atoms with Gasteiger partial charge in [-0.05, 0) is 18.4 Å². The number of likely N-dealkylation sites (N-methyl/N-ethyl adjacent to an activating group) is 1. The Labute approximate surface area is 97.4 Å². The van der Waals surface area contributed by atoms with E-state index in [1.807, 2.05) is 0 Å². The van der Waals surface area contributed by atoms with E-state index < -0.39 is 0 Å². The van der Waals surface area contributed by atoms with Crippen molar-refractivity contribution in [2.75, 3.05) is 33.7 Å². The van der Waals surface area contributed by atoms with Crippen LogP contribution in [0.25, 0.3) is 0 Å². The molecule has 16 heavy (non-hydrogen) atoms. The molecule has 0 saturated carbocycles. The summed E-state index contributed by atoms with van der Waals surface area (Å²) in [6.45, 7) is 6.88. The molecule has 1 unspecified atom stereocenters. The van der Waals surface area contributed by atoms with Crippen molar-refractivity contribution in [1.82, 2.24) is 5.32 Å². The van der Waals surface area contributed by atoms with E-state index in [2.05, 4.69) is 32.1 Å². The number of Topliss-reactive ketones (excluding diaryl/α,β-unsaturated/α-hetero) is 1. The van der Waals surface area contributed by atoms with E-state index in [1.54, 1.807) is 0 Å². The zero-order valence-corrected chi connectivity index (χ0v) is 10.3. The number of allylic oxidation sites excluding steroid dienone is 2. The molecule has 0 spiro atoms. The molecule has 0 aromatic carbocycles. The fourth-order valence-corrected chi connectivity index (χ4v) is 2.60. The molecule has 1 aliphatic heterocycles. The van der Waals surface area contributed by atoms with Gasteiger partial charge in [0.25, 0.3) is 0 Å². The van der Waals surface area contributed by atoms with Gasteiger partial charge in [-0.15, -0.1) is 0 Å². The summed E-state index contributed by atoms with van der Waals surface area (Å²) in [7, 11) is 4.41. The Morgan fingerprint density at radius 3 is 2.94 bits per heavy atom. The van der Waals surface area contributed by atoms with Crippen molar-refractivity contribution < 1.29 is 9.28 Å². The highest BCUT2D eigenvalue weighted by Gasteiger charge is 2.38. The zero-order chi connectivity index (χ0) is 11.8. The number of nitrogens with zero attached hydrogens (tertiary/aromatic N) is 1. The third kappa shape index (κ3) is 1.97. The van der Waals surface area contributed by atoms with Crippen LogP contribution >= 0.6 is 0 Å². The van der Waals surface area contributed by atoms with Gasteiger partial charge in [0.15, 0.2) is 5.78 Å². The van der Waals surface area contributed by atoms with E-state index in [9.17, 15) is 4.79 Å². The largest absolute Gasteiger partial charge is 0.320 e. The summed E-state index contributed by atoms with van der Waals surface area (Å²) in [5.41, 5.74) is 1.76. The van der Waals surface area contributed by atoms with Gasteiger partial charge in [-0.1, -0.05) is 12.7 Å². The van der Waals surface area contributed by atoms with E-state index in [0.717, 1.165) is 48.1 Å². The molecule has 1 aliphatic carbocycles. The van der Waals surface area contributed by atoms with Crippen LogP contribution in [0.3, 0.4) is 0 Å². The minimum Gasteiger partial charge on any atom is -0.320 e. The van der Waals surface area contributed by atoms with Gasteiger partial charge in [-0.2, -0.15) is 0 Å². The van der Waals surface area contributed by atoms with E-state index in [1.165, 1.54) is 0 Å². The van der Waals surface area contributed by atoms with Gasteiger partial charge in [-0.3, -0.25) is 4.79 Å². The van der Waals surface area contributed by atoms with Crippen molar-refractivity contribution in [1.29, 1.82) is 0 Å². The first-order chi connectivity index (χ1) is 7.52. The predicted octanol–water partition coefficient (Wildman–Crippen LogP) is 0.880. The summed E-state index contributed by atoms with van der Waals surface area (Å²) in [5.74, 6) is 0.186. The second-order valence-electron chi connectivity index (χ2n) is 5.35. The predicted molar refractivity (Wildman–Crippen MR) is 65.1 cm³/mol. The summed E-state index contributed by atoms with van der Waals surface area (Å²) in [6.07, 6.45) is 3.92. The number of ketones is 1. The first-order valence-electron chi connectivity index (χ1n) is 5.98. The number of carbonyl (C=O) groups is 1. The number of hydrogen-bond donors (Lipinski definition) is 1. The Balaban J connectivity index is 2.26. The Morgan fingerprint density at radius 1 is 1.50 bits per heavy atom. The molecular weight excluding hydrogens is 200 g/mol. The number of nitrogens with one attached hydrogen (secondary N) is 1. The summed E-state index contributed by atoms with van der Waals surface area (Å²) in [5, 5.41) is 3.38. The van der Waals surface area contributed by atoms with Gasteiger partial charge in [-0.25, -0.2) is 0 Å². The van der Waals surface area contributed by atoms with Gasteiger partial charge in [0.2, 0.25) is 0 Å². The van der Waals surface area contributed by atoms with Gasteiger partial charge in [0.1, 0.15) is 6.04 Å². The summed E-state index contributed by atoms with van der Waals surface area (Å²) < 4.78 is 0.901. The monoisotopic (exact) mass is 221 g/mol. The van der Waals surface area contributed by atoms with Gasteiger partial charge in [0, 0.05) is 6.54 Å². The number of hydrogen-bond acceptors (Lipinski definition) is 2. The Hall–Kier alpha value is -0.930. The molecule has 3 nitrogen and oxygen atoms in total. The summed E-state index contributed by atoms with van der Waals surface area (Å²) in [6, 6.07) is 0.290. The first-order valence-corrected chi connectivity index (χ1v) is 5.98. The maximum Gasteiger partial charge on any atom is 0.190 e. The van der Waals surface area contributed by atoms with Crippen LogP contribution in [0.1, 0.15) is 12.8 Å². The molecule has 0 amide bonds. The zero-order valence-electron chi connectivity index (χ0n) is 10.3. The van der Waals surface area contributed by atoms with Crippen LogP contribution < -0.4 is 5.32 Å². The second kappa shape index (κ2) is 4.15. The van der Waals surface area contributed by atoms with Crippen molar-refractivity contribution in [3.05, 3.63) is 23.8 Å². The smallest absolute Gasteiger partial charge is 0.190 e. The average Bonchev–Trinajstić information content (AvgIpc) is 2.22. The lowest BCUT2D eigenvalue weighted by Gasteiger charge is -2.43. The third-order valence-electron chi connectivity index (χ3n) is 3.80. The Morgan fingerprint density at radius 2 is 2.25 bits per heavy atom. The SMILES string of the molecule is C=C1CCC=C(C2CNCC[N+]2(C)C)C1=O. The molecule has 2 rings (SSSR count). The quantitative estimate of drug-likeness (QED) is 0.526. The average molecular weight is 221 g/mol. The van der Waals surface area contributed by atoms with Crippen LogP contribution in [-0.2, 0) is 4.79 Å². The highest BCUT2D eigenvalue weighted by Crippen LogP contribution is 2.26. The van der Waals surface area contributed by atoms with E-state index in [0.29, 0.717) is 6.04 Å². The van der Waals surface area contributed by atoms with Gasteiger partial charge >= 0.3 is 0 Å². The topological polar surface area (TPSA) is 29.1 Å². The third-order valence-corrected chi connectivity index (χ3v) is 3.80. The van der Waals surface area contributed by atoms with E-state index in [4.69, 9.17) is 0 Å². The number of piperazine rings is 1. The molecule has 1 atom stereocenters. The molecule has 1 fully saturated rings. The fourth-order valence-electron chi connectivity index (χ4n) is 2.60. The van der Waals surface area contributed by atoms with Crippen molar-refractivity contribution in [2.45, 2.75) is 18.9 Å². The van der Waals surface area contributed by atoms with Crippen molar-refractivity contribution in [3.8, 4) is 0 Å². The summed E-state index contributed by atoms with van der Waals surface area (Å²) >= 11 is 0. The standard InChI is InChI=1S/C13H21N2O/c1-10-5-4-6-11(13(10)16)12-9-14-7-8-15(12,2)3/h6,12,14H,1,4-5,7-9H2,2-3H3/q+1. The van der Waals surface area contributed by atoms with Crippen LogP contribution in [-0.4, -0.2) is 50.0 Å². The lowest BCUT2D eigenvalue weighted by molar-refractivity contribution is -0.911. The van der Waals surface area contributed by atoms with Crippen LogP contribution in [0.15, 0.2) is 23.8 Å². The lowest BCUT2D eigenvalue weighted by Crippen LogP contribution is -2.61. The first kappa shape index (κ1) is 11.6. The van der Waals surface area contributed by atoms with Gasteiger partial charge in [0.05, 0.1) is 32.8 Å². The molecule has 1 N–H and O–H groups in total. The van der Waals surface area contributed by atoms with Gasteiger partial charge < -0.3 is 9.80 Å². The van der Waals surface area contributed by atoms with Crippen LogP contribution in [0.4, 0.5) is 0 Å². The molecule has 0 radical (unpaired) electrons. The maximum atomic E-state index is 12.1. The highest BCUT2D eigenvalue weighted by atomic mass is 16.1. The number of rotatable bonds is 1. The number of quaternary nitrogens is 1. The van der Waals surface area contributed by atoms with Crippen LogP contribution in [0, 0.1) is 0 Å². The molecule has 2 aliphatic rings. The highest BCUT2D eigenvalue weighted by molar-refractivity contribution is 6.09. The van der Waals surface area contributed by atoms with Crippen LogP contribution in [0.2, 0.25) is 0 Å². The molecule has 88 valence electrons. The van der Waals surface area contributed by atoms with Crippen molar-refractivity contribution >= 4 is 5.78 Å². The second-order valence-corrected chi connectivity index (χ2v) is 5.35. The van der Waals surface area contributed by atoms with E-state index >= 15 is 0 Å². The minimum atomic E-state index is 0.186. The molecule has 1 heterocycles. The molecule has 1 saturated heterocycles. The Kier molecular flexibility index (Phi) is 3.00. The fraction of sp³-hybridized carbons (Fsp3) is 0.615. The van der Waals surface area contributed by atoms with Crippen molar-refractivity contribution in [3.63, 3.8) is 0 Å². The molecule has 3 heteroatoms. The molecule has 0 bridgehead atoms. The summed E-state index contributed by atoms with van der Waals surface area (Å²) in [4.78, 5) is 12.1.